The van der Waals surface area contributed by atoms with Gasteiger partial charge >= 0.3 is 0 Å². The Balaban J connectivity index is 1.77. The minimum absolute atomic E-state index is 0.0672. The Labute approximate surface area is 147 Å². The van der Waals surface area contributed by atoms with Gasteiger partial charge in [-0.25, -0.2) is 0 Å². The van der Waals surface area contributed by atoms with Gasteiger partial charge in [-0.05, 0) is 17.7 Å². The molecule has 2 aromatic rings. The summed E-state index contributed by atoms with van der Waals surface area (Å²) in [4.78, 5) is 13.5. The summed E-state index contributed by atoms with van der Waals surface area (Å²) in [5.41, 5.74) is 2.71. The first-order valence-corrected chi connectivity index (χ1v) is 8.87. The molecule has 0 aromatic heterocycles. The van der Waals surface area contributed by atoms with Crippen LogP contribution in [0.25, 0.3) is 0 Å². The van der Waals surface area contributed by atoms with Crippen LogP contribution in [0.3, 0.4) is 0 Å². The van der Waals surface area contributed by atoms with E-state index in [0.717, 1.165) is 15.6 Å². The average Bonchev–Trinajstić information content (AvgIpc) is 2.89. The number of halogens is 1. The minimum Gasteiger partial charge on any atom is -0.372 e. The fourth-order valence-corrected chi connectivity index (χ4v) is 3.40. The van der Waals surface area contributed by atoms with Crippen molar-refractivity contribution in [3.8, 4) is 0 Å². The Morgan fingerprint density at radius 1 is 1.17 bits per heavy atom. The highest BCUT2D eigenvalue weighted by atomic mass is 79.9. The van der Waals surface area contributed by atoms with E-state index in [1.54, 1.807) is 0 Å². The van der Waals surface area contributed by atoms with Crippen LogP contribution in [0.1, 0.15) is 11.1 Å². The standard InChI is InChI=1S/C17H15BrN2O2S/c18-14-7-6-13(10-22-9-12-4-2-1-3-5-12)15(8-14)20-16(21)11-23-17(20)19/h1-8,19H,9-11H2. The lowest BCUT2D eigenvalue weighted by molar-refractivity contribution is -0.115. The maximum atomic E-state index is 12.1. The predicted octanol–water partition coefficient (Wildman–Crippen LogP) is 4.18. The summed E-state index contributed by atoms with van der Waals surface area (Å²) in [6.07, 6.45) is 0. The predicted molar refractivity (Wildman–Crippen MR) is 96.7 cm³/mol. The molecule has 0 saturated carbocycles. The van der Waals surface area contributed by atoms with Crippen molar-refractivity contribution >= 4 is 44.5 Å². The van der Waals surface area contributed by atoms with Crippen molar-refractivity contribution in [2.75, 3.05) is 10.7 Å². The molecule has 1 N–H and O–H groups in total. The number of anilines is 1. The third kappa shape index (κ3) is 3.83. The third-order valence-corrected chi connectivity index (χ3v) is 4.78. The second kappa shape index (κ2) is 7.29. The molecule has 0 bridgehead atoms. The van der Waals surface area contributed by atoms with E-state index < -0.39 is 0 Å². The molecule has 0 atom stereocenters. The van der Waals surface area contributed by atoms with Gasteiger partial charge in [-0.3, -0.25) is 15.1 Å². The zero-order valence-electron chi connectivity index (χ0n) is 12.3. The molecule has 1 aliphatic heterocycles. The summed E-state index contributed by atoms with van der Waals surface area (Å²) >= 11 is 4.68. The Kier molecular flexibility index (Phi) is 5.15. The second-order valence-corrected chi connectivity index (χ2v) is 6.95. The number of thioether (sulfide) groups is 1. The van der Waals surface area contributed by atoms with Gasteiger partial charge in [-0.1, -0.05) is 64.1 Å². The van der Waals surface area contributed by atoms with E-state index in [9.17, 15) is 4.79 Å². The largest absolute Gasteiger partial charge is 0.372 e. The summed E-state index contributed by atoms with van der Waals surface area (Å²) in [5, 5.41) is 8.23. The Morgan fingerprint density at radius 3 is 2.65 bits per heavy atom. The molecule has 1 aliphatic rings. The minimum atomic E-state index is -0.0672. The highest BCUT2D eigenvalue weighted by Gasteiger charge is 2.30. The van der Waals surface area contributed by atoms with Crippen LogP contribution in [0.15, 0.2) is 53.0 Å². The number of carbonyl (C=O) groups is 1. The zero-order chi connectivity index (χ0) is 16.2. The molecule has 0 radical (unpaired) electrons. The van der Waals surface area contributed by atoms with E-state index in [1.807, 2.05) is 48.5 Å². The van der Waals surface area contributed by atoms with Gasteiger partial charge in [0, 0.05) is 10.0 Å². The Hall–Kier alpha value is -1.63. The van der Waals surface area contributed by atoms with Crippen LogP contribution in [0.4, 0.5) is 5.69 Å². The van der Waals surface area contributed by atoms with Crippen LogP contribution in [-0.2, 0) is 22.7 Å². The second-order valence-electron chi connectivity index (χ2n) is 5.07. The van der Waals surface area contributed by atoms with Gasteiger partial charge in [0.05, 0.1) is 24.7 Å². The lowest BCUT2D eigenvalue weighted by Gasteiger charge is -2.19. The molecule has 0 spiro atoms. The lowest BCUT2D eigenvalue weighted by Crippen LogP contribution is -2.29. The van der Waals surface area contributed by atoms with Crippen LogP contribution in [-0.4, -0.2) is 16.8 Å². The normalized spacial score (nSPS) is 14.6. The van der Waals surface area contributed by atoms with Crippen molar-refractivity contribution in [2.45, 2.75) is 13.2 Å². The molecule has 6 heteroatoms. The summed E-state index contributed by atoms with van der Waals surface area (Å²) in [6, 6.07) is 15.7. The molecule has 23 heavy (non-hydrogen) atoms. The summed E-state index contributed by atoms with van der Waals surface area (Å²) in [6.45, 7) is 0.899. The number of nitrogens with zero attached hydrogens (tertiary/aromatic N) is 1. The molecular formula is C17H15BrN2O2S. The lowest BCUT2D eigenvalue weighted by atomic mass is 10.1. The molecule has 4 nitrogen and oxygen atoms in total. The van der Waals surface area contributed by atoms with Crippen LogP contribution >= 0.6 is 27.7 Å². The highest BCUT2D eigenvalue weighted by Crippen LogP contribution is 2.31. The van der Waals surface area contributed by atoms with E-state index in [4.69, 9.17) is 10.1 Å². The van der Waals surface area contributed by atoms with Crippen LogP contribution in [0.2, 0.25) is 0 Å². The van der Waals surface area contributed by atoms with E-state index >= 15 is 0 Å². The summed E-state index contributed by atoms with van der Waals surface area (Å²) in [5.74, 6) is 0.248. The van der Waals surface area contributed by atoms with E-state index in [-0.39, 0.29) is 11.1 Å². The van der Waals surface area contributed by atoms with E-state index in [1.165, 1.54) is 16.7 Å². The third-order valence-electron chi connectivity index (χ3n) is 3.44. The van der Waals surface area contributed by atoms with Crippen molar-refractivity contribution < 1.29 is 9.53 Å². The van der Waals surface area contributed by atoms with Crippen LogP contribution < -0.4 is 4.90 Å². The number of benzene rings is 2. The zero-order valence-corrected chi connectivity index (χ0v) is 14.7. The van der Waals surface area contributed by atoms with Crippen molar-refractivity contribution in [3.63, 3.8) is 0 Å². The van der Waals surface area contributed by atoms with Gasteiger partial charge in [0.15, 0.2) is 5.17 Å². The maximum Gasteiger partial charge on any atom is 0.243 e. The molecule has 0 aliphatic carbocycles. The van der Waals surface area contributed by atoms with Gasteiger partial charge in [-0.15, -0.1) is 0 Å². The molecule has 118 valence electrons. The smallest absolute Gasteiger partial charge is 0.243 e. The van der Waals surface area contributed by atoms with Gasteiger partial charge in [0.1, 0.15) is 0 Å². The number of hydrogen-bond donors (Lipinski definition) is 1. The summed E-state index contributed by atoms with van der Waals surface area (Å²) < 4.78 is 6.66. The fraction of sp³-hybridized carbons (Fsp3) is 0.176. The molecule has 0 unspecified atom stereocenters. The number of amides is 1. The number of carbonyl (C=O) groups excluding carboxylic acids is 1. The van der Waals surface area contributed by atoms with E-state index in [0.29, 0.717) is 24.7 Å². The summed E-state index contributed by atoms with van der Waals surface area (Å²) in [7, 11) is 0. The SMILES string of the molecule is N=C1SCC(=O)N1c1cc(Br)ccc1COCc1ccccc1. The van der Waals surface area contributed by atoms with E-state index in [2.05, 4.69) is 15.9 Å². The maximum absolute atomic E-state index is 12.1. The molecule has 1 amide bonds. The van der Waals surface area contributed by atoms with Gasteiger partial charge in [0.25, 0.3) is 0 Å². The molecule has 1 heterocycles. The topological polar surface area (TPSA) is 53.4 Å². The first-order chi connectivity index (χ1) is 11.1. The van der Waals surface area contributed by atoms with Gasteiger partial charge in [-0.2, -0.15) is 0 Å². The first kappa shape index (κ1) is 16.2. The molecular weight excluding hydrogens is 376 g/mol. The average molecular weight is 391 g/mol. The van der Waals surface area contributed by atoms with Crippen molar-refractivity contribution in [1.29, 1.82) is 5.41 Å². The Morgan fingerprint density at radius 2 is 1.96 bits per heavy atom. The van der Waals surface area contributed by atoms with Crippen LogP contribution in [0, 0.1) is 5.41 Å². The van der Waals surface area contributed by atoms with Gasteiger partial charge < -0.3 is 4.74 Å². The van der Waals surface area contributed by atoms with Crippen LogP contribution in [0.5, 0.6) is 0 Å². The highest BCUT2D eigenvalue weighted by molar-refractivity contribution is 9.10. The molecule has 3 rings (SSSR count). The number of rotatable bonds is 5. The fourth-order valence-electron chi connectivity index (χ4n) is 2.34. The molecule has 1 fully saturated rings. The molecule has 1 saturated heterocycles. The quantitative estimate of drug-likeness (QED) is 0.832. The van der Waals surface area contributed by atoms with Crippen molar-refractivity contribution in [2.24, 2.45) is 0 Å². The number of amidine groups is 1. The first-order valence-electron chi connectivity index (χ1n) is 7.09. The number of nitrogens with one attached hydrogen (secondary N) is 1. The van der Waals surface area contributed by atoms with Gasteiger partial charge in [0.2, 0.25) is 5.91 Å². The number of hydrogen-bond acceptors (Lipinski definition) is 4. The number of ether oxygens (including phenoxy) is 1. The van der Waals surface area contributed by atoms with Crippen molar-refractivity contribution in [3.05, 3.63) is 64.1 Å². The Bertz CT molecular complexity index is 721. The van der Waals surface area contributed by atoms with Crippen molar-refractivity contribution in [1.82, 2.24) is 0 Å². The monoisotopic (exact) mass is 390 g/mol. The molecule has 2 aromatic carbocycles.